The third-order valence-electron chi connectivity index (χ3n) is 2.39. The second kappa shape index (κ2) is 4.26. The van der Waals surface area contributed by atoms with Crippen molar-refractivity contribution in [3.8, 4) is 0 Å². The Hall–Kier alpha value is -1.32. The molecule has 1 rings (SSSR count). The zero-order valence-corrected chi connectivity index (χ0v) is 8.83. The first-order valence-electron chi connectivity index (χ1n) is 4.85. The molecule has 0 aliphatic heterocycles. The molecule has 1 atom stereocenters. The number of aromatic amines is 1. The molecule has 14 heavy (non-hydrogen) atoms. The van der Waals surface area contributed by atoms with Crippen LogP contribution in [0.25, 0.3) is 0 Å². The van der Waals surface area contributed by atoms with Gasteiger partial charge in [-0.3, -0.25) is 9.78 Å². The van der Waals surface area contributed by atoms with Crippen LogP contribution in [-0.4, -0.2) is 9.55 Å². The van der Waals surface area contributed by atoms with E-state index in [9.17, 15) is 9.59 Å². The molecule has 4 heteroatoms. The van der Waals surface area contributed by atoms with Crippen molar-refractivity contribution >= 4 is 0 Å². The third-order valence-corrected chi connectivity index (χ3v) is 2.39. The van der Waals surface area contributed by atoms with Gasteiger partial charge in [0.1, 0.15) is 0 Å². The van der Waals surface area contributed by atoms with Gasteiger partial charge in [0.15, 0.2) is 0 Å². The summed E-state index contributed by atoms with van der Waals surface area (Å²) in [6, 6.07) is 0. The van der Waals surface area contributed by atoms with Crippen molar-refractivity contribution in [1.29, 1.82) is 0 Å². The summed E-state index contributed by atoms with van der Waals surface area (Å²) in [6.07, 6.45) is 2.64. The zero-order chi connectivity index (χ0) is 10.7. The minimum Gasteiger partial charge on any atom is -0.300 e. The first-order chi connectivity index (χ1) is 6.54. The summed E-state index contributed by atoms with van der Waals surface area (Å²) in [5.41, 5.74) is -0.0378. The molecule has 0 aliphatic rings. The van der Waals surface area contributed by atoms with Crippen LogP contribution in [0.15, 0.2) is 15.8 Å². The van der Waals surface area contributed by atoms with E-state index in [1.54, 1.807) is 17.7 Å². The molecular formula is C10H16N2O2. The Bertz CT molecular complexity index is 417. The highest BCUT2D eigenvalue weighted by molar-refractivity contribution is 5.00. The number of nitrogens with one attached hydrogen (secondary N) is 1. The minimum atomic E-state index is -0.319. The van der Waals surface area contributed by atoms with E-state index in [2.05, 4.69) is 18.8 Å². The molecule has 0 unspecified atom stereocenters. The number of nitrogens with zero attached hydrogens (tertiary/aromatic N) is 1. The average Bonchev–Trinajstić information content (AvgIpc) is 2.14. The molecule has 0 spiro atoms. The fourth-order valence-electron chi connectivity index (χ4n) is 1.22. The van der Waals surface area contributed by atoms with Crippen molar-refractivity contribution in [3.63, 3.8) is 0 Å². The lowest BCUT2D eigenvalue weighted by Crippen LogP contribution is -2.32. The van der Waals surface area contributed by atoms with Crippen LogP contribution in [0.2, 0.25) is 0 Å². The molecule has 1 heterocycles. The number of hydrogen-bond acceptors (Lipinski definition) is 2. The first kappa shape index (κ1) is 10.8. The lowest BCUT2D eigenvalue weighted by atomic mass is 10.1. The molecule has 0 aromatic carbocycles. The van der Waals surface area contributed by atoms with Gasteiger partial charge in [-0.25, -0.2) is 4.79 Å². The summed E-state index contributed by atoms with van der Waals surface area (Å²) in [7, 11) is 0. The van der Waals surface area contributed by atoms with E-state index in [4.69, 9.17) is 0 Å². The molecule has 1 N–H and O–H groups in total. The van der Waals surface area contributed by atoms with Crippen molar-refractivity contribution in [3.05, 3.63) is 32.6 Å². The molecule has 0 amide bonds. The Labute approximate surface area is 82.6 Å². The van der Waals surface area contributed by atoms with Crippen molar-refractivity contribution in [2.45, 2.75) is 33.7 Å². The van der Waals surface area contributed by atoms with Gasteiger partial charge in [-0.2, -0.15) is 0 Å². The minimum absolute atomic E-state index is 0.296. The summed E-state index contributed by atoms with van der Waals surface area (Å²) in [6.45, 7) is 6.51. The molecule has 0 saturated heterocycles. The van der Waals surface area contributed by atoms with E-state index in [0.29, 0.717) is 18.0 Å². The Morgan fingerprint density at radius 2 is 2.14 bits per heavy atom. The predicted octanol–water partition coefficient (Wildman–Crippen LogP) is 0.891. The van der Waals surface area contributed by atoms with Crippen LogP contribution in [0.1, 0.15) is 25.8 Å². The summed E-state index contributed by atoms with van der Waals surface area (Å²) in [4.78, 5) is 24.7. The monoisotopic (exact) mass is 196 g/mol. The smallest absolute Gasteiger partial charge is 0.300 e. The number of rotatable bonds is 3. The topological polar surface area (TPSA) is 54.9 Å². The molecule has 0 bridgehead atoms. The van der Waals surface area contributed by atoms with E-state index in [0.717, 1.165) is 6.42 Å². The molecule has 1 aromatic heterocycles. The van der Waals surface area contributed by atoms with Gasteiger partial charge < -0.3 is 4.57 Å². The Balaban J connectivity index is 3.04. The van der Waals surface area contributed by atoms with Gasteiger partial charge in [-0.05, 0) is 12.8 Å². The fourth-order valence-corrected chi connectivity index (χ4v) is 1.22. The van der Waals surface area contributed by atoms with Crippen molar-refractivity contribution < 1.29 is 0 Å². The molecule has 0 aliphatic carbocycles. The maximum atomic E-state index is 11.4. The average molecular weight is 196 g/mol. The van der Waals surface area contributed by atoms with Gasteiger partial charge in [0.25, 0.3) is 5.56 Å². The Morgan fingerprint density at radius 3 is 2.71 bits per heavy atom. The lowest BCUT2D eigenvalue weighted by molar-refractivity contribution is 0.452. The second-order valence-corrected chi connectivity index (χ2v) is 3.74. The summed E-state index contributed by atoms with van der Waals surface area (Å²) in [5, 5.41) is 0. The molecule has 78 valence electrons. The van der Waals surface area contributed by atoms with Crippen molar-refractivity contribution in [1.82, 2.24) is 9.55 Å². The second-order valence-electron chi connectivity index (χ2n) is 3.74. The van der Waals surface area contributed by atoms with Crippen molar-refractivity contribution in [2.75, 3.05) is 0 Å². The van der Waals surface area contributed by atoms with Crippen LogP contribution in [0.4, 0.5) is 0 Å². The van der Waals surface area contributed by atoms with Crippen LogP contribution in [0, 0.1) is 12.8 Å². The third kappa shape index (κ3) is 2.34. The summed E-state index contributed by atoms with van der Waals surface area (Å²) >= 11 is 0. The van der Waals surface area contributed by atoms with Gasteiger partial charge in [-0.15, -0.1) is 0 Å². The molecular weight excluding hydrogens is 180 g/mol. The quantitative estimate of drug-likeness (QED) is 0.780. The highest BCUT2D eigenvalue weighted by Crippen LogP contribution is 2.02. The highest BCUT2D eigenvalue weighted by atomic mass is 16.2. The van der Waals surface area contributed by atoms with Crippen LogP contribution < -0.4 is 11.2 Å². The van der Waals surface area contributed by atoms with Crippen LogP contribution in [0.3, 0.4) is 0 Å². The maximum absolute atomic E-state index is 11.4. The first-order valence-corrected chi connectivity index (χ1v) is 4.85. The molecule has 4 nitrogen and oxygen atoms in total. The van der Waals surface area contributed by atoms with Crippen molar-refractivity contribution in [2.24, 2.45) is 5.92 Å². The van der Waals surface area contributed by atoms with E-state index >= 15 is 0 Å². The number of aryl methyl sites for hydroxylation is 1. The molecule has 0 radical (unpaired) electrons. The van der Waals surface area contributed by atoms with Gasteiger partial charge in [0, 0.05) is 18.3 Å². The zero-order valence-electron chi connectivity index (χ0n) is 8.83. The Morgan fingerprint density at radius 1 is 1.50 bits per heavy atom. The van der Waals surface area contributed by atoms with Gasteiger partial charge >= 0.3 is 5.69 Å². The number of H-pyrrole nitrogens is 1. The fraction of sp³-hybridized carbons (Fsp3) is 0.600. The molecule has 1 aromatic rings. The summed E-state index contributed by atoms with van der Waals surface area (Å²) in [5.74, 6) is 0.443. The normalized spacial score (nSPS) is 12.8. The summed E-state index contributed by atoms with van der Waals surface area (Å²) < 4.78 is 1.56. The largest absolute Gasteiger partial charge is 0.328 e. The Kier molecular flexibility index (Phi) is 3.28. The standard InChI is InChI=1S/C10H16N2O2/c1-4-7(2)5-12-6-8(3)9(13)11-10(12)14/h6-7H,4-5H2,1-3H3,(H,11,13,14)/t7-/m1/s1. The van der Waals surface area contributed by atoms with E-state index in [1.165, 1.54) is 0 Å². The van der Waals surface area contributed by atoms with Gasteiger partial charge in [0.05, 0.1) is 0 Å². The van der Waals surface area contributed by atoms with E-state index < -0.39 is 0 Å². The van der Waals surface area contributed by atoms with Crippen LogP contribution >= 0.6 is 0 Å². The van der Waals surface area contributed by atoms with E-state index in [1.807, 2.05) is 0 Å². The van der Waals surface area contributed by atoms with Gasteiger partial charge in [-0.1, -0.05) is 20.3 Å². The number of hydrogen-bond donors (Lipinski definition) is 1. The predicted molar refractivity (Wildman–Crippen MR) is 55.5 cm³/mol. The SMILES string of the molecule is CC[C@@H](C)Cn1cc(C)c(=O)[nH]c1=O. The highest BCUT2D eigenvalue weighted by Gasteiger charge is 2.04. The van der Waals surface area contributed by atoms with E-state index in [-0.39, 0.29) is 11.2 Å². The molecule has 0 fully saturated rings. The van der Waals surface area contributed by atoms with Gasteiger partial charge in [0.2, 0.25) is 0 Å². The lowest BCUT2D eigenvalue weighted by Gasteiger charge is -2.10. The van der Waals surface area contributed by atoms with Crippen LogP contribution in [-0.2, 0) is 6.54 Å². The maximum Gasteiger partial charge on any atom is 0.328 e. The molecule has 0 saturated carbocycles. The number of aromatic nitrogens is 2. The van der Waals surface area contributed by atoms with Crippen LogP contribution in [0.5, 0.6) is 0 Å².